The SMILES string of the molecule is Cc1ncsc1CCNC(=O)C1CCN(C2CCOCC2)CC1. The Balaban J connectivity index is 1.37. The quantitative estimate of drug-likeness (QED) is 0.893. The monoisotopic (exact) mass is 337 g/mol. The van der Waals surface area contributed by atoms with Gasteiger partial charge < -0.3 is 15.0 Å². The predicted molar refractivity (Wildman–Crippen MR) is 91.7 cm³/mol. The number of nitrogens with zero attached hydrogens (tertiary/aromatic N) is 2. The lowest BCUT2D eigenvalue weighted by atomic mass is 9.93. The molecule has 2 aliphatic rings. The largest absolute Gasteiger partial charge is 0.381 e. The zero-order valence-corrected chi connectivity index (χ0v) is 14.7. The smallest absolute Gasteiger partial charge is 0.223 e. The van der Waals surface area contributed by atoms with Crippen molar-refractivity contribution in [1.82, 2.24) is 15.2 Å². The first-order valence-corrected chi connectivity index (χ1v) is 9.60. The second-order valence-corrected chi connectivity index (χ2v) is 7.50. The lowest BCUT2D eigenvalue weighted by molar-refractivity contribution is -0.126. The number of aromatic nitrogens is 1. The second kappa shape index (κ2) is 8.22. The molecule has 0 bridgehead atoms. The van der Waals surface area contributed by atoms with Crippen LogP contribution in [0.25, 0.3) is 0 Å². The Morgan fingerprint density at radius 1 is 1.35 bits per heavy atom. The van der Waals surface area contributed by atoms with Gasteiger partial charge in [0.15, 0.2) is 0 Å². The summed E-state index contributed by atoms with van der Waals surface area (Å²) in [6, 6.07) is 0.669. The minimum absolute atomic E-state index is 0.189. The van der Waals surface area contributed by atoms with E-state index in [4.69, 9.17) is 4.74 Å². The number of carbonyl (C=O) groups excluding carboxylic acids is 1. The van der Waals surface area contributed by atoms with Crippen LogP contribution >= 0.6 is 11.3 Å². The summed E-state index contributed by atoms with van der Waals surface area (Å²) in [6.45, 7) is 6.64. The topological polar surface area (TPSA) is 54.5 Å². The first kappa shape index (κ1) is 16.9. The molecule has 23 heavy (non-hydrogen) atoms. The molecule has 0 atom stereocenters. The maximum absolute atomic E-state index is 12.3. The maximum atomic E-state index is 12.3. The molecule has 0 unspecified atom stereocenters. The Morgan fingerprint density at radius 3 is 2.74 bits per heavy atom. The summed E-state index contributed by atoms with van der Waals surface area (Å²) < 4.78 is 5.44. The van der Waals surface area contributed by atoms with E-state index in [-0.39, 0.29) is 11.8 Å². The van der Waals surface area contributed by atoms with Gasteiger partial charge in [-0.25, -0.2) is 4.98 Å². The van der Waals surface area contributed by atoms with Gasteiger partial charge >= 0.3 is 0 Å². The molecule has 1 N–H and O–H groups in total. The third-order valence-corrected chi connectivity index (χ3v) is 6.10. The molecule has 1 amide bonds. The summed E-state index contributed by atoms with van der Waals surface area (Å²) in [5, 5.41) is 3.11. The first-order valence-electron chi connectivity index (χ1n) is 8.72. The van der Waals surface area contributed by atoms with E-state index in [1.54, 1.807) is 11.3 Å². The highest BCUT2D eigenvalue weighted by Crippen LogP contribution is 2.23. The second-order valence-electron chi connectivity index (χ2n) is 6.56. The summed E-state index contributed by atoms with van der Waals surface area (Å²) in [6.07, 6.45) is 5.16. The van der Waals surface area contributed by atoms with E-state index in [1.807, 2.05) is 12.4 Å². The molecule has 2 aliphatic heterocycles. The van der Waals surface area contributed by atoms with Gasteiger partial charge in [-0.05, 0) is 45.7 Å². The predicted octanol–water partition coefficient (Wildman–Crippen LogP) is 2.00. The lowest BCUT2D eigenvalue weighted by Crippen LogP contribution is -2.46. The third-order valence-electron chi connectivity index (χ3n) is 5.10. The molecule has 3 heterocycles. The van der Waals surface area contributed by atoms with Gasteiger partial charge in [0, 0.05) is 43.0 Å². The number of rotatable bonds is 5. The van der Waals surface area contributed by atoms with Gasteiger partial charge in [-0.2, -0.15) is 0 Å². The van der Waals surface area contributed by atoms with Crippen LogP contribution in [0.2, 0.25) is 0 Å². The van der Waals surface area contributed by atoms with E-state index in [0.29, 0.717) is 6.04 Å². The first-order chi connectivity index (χ1) is 11.2. The van der Waals surface area contributed by atoms with Crippen molar-refractivity contribution in [2.45, 2.75) is 45.1 Å². The van der Waals surface area contributed by atoms with Crippen LogP contribution in [0.5, 0.6) is 0 Å². The molecule has 0 saturated carbocycles. The average Bonchev–Trinajstić information content (AvgIpc) is 3.01. The van der Waals surface area contributed by atoms with Crippen LogP contribution in [0.4, 0.5) is 0 Å². The van der Waals surface area contributed by atoms with Crippen LogP contribution in [0.1, 0.15) is 36.3 Å². The van der Waals surface area contributed by atoms with E-state index in [2.05, 4.69) is 15.2 Å². The minimum Gasteiger partial charge on any atom is -0.381 e. The normalized spacial score (nSPS) is 21.4. The van der Waals surface area contributed by atoms with Crippen molar-refractivity contribution < 1.29 is 9.53 Å². The van der Waals surface area contributed by atoms with Gasteiger partial charge in [0.05, 0.1) is 11.2 Å². The molecule has 1 aromatic rings. The number of likely N-dealkylation sites (tertiary alicyclic amines) is 1. The number of nitrogens with one attached hydrogen (secondary N) is 1. The van der Waals surface area contributed by atoms with E-state index in [0.717, 1.165) is 70.6 Å². The van der Waals surface area contributed by atoms with Crippen LogP contribution in [-0.2, 0) is 16.0 Å². The molecule has 0 aromatic carbocycles. The zero-order valence-electron chi connectivity index (χ0n) is 13.9. The van der Waals surface area contributed by atoms with Crippen molar-refractivity contribution >= 4 is 17.2 Å². The minimum atomic E-state index is 0.189. The Bertz CT molecular complexity index is 506. The van der Waals surface area contributed by atoms with Crippen molar-refractivity contribution in [2.24, 2.45) is 5.92 Å². The van der Waals surface area contributed by atoms with Gasteiger partial charge in [0.2, 0.25) is 5.91 Å². The Labute approximate surface area is 142 Å². The van der Waals surface area contributed by atoms with Gasteiger partial charge in [0.25, 0.3) is 0 Å². The Kier molecular flexibility index (Phi) is 6.02. The number of ether oxygens (including phenoxy) is 1. The average molecular weight is 337 g/mol. The molecule has 3 rings (SSSR count). The van der Waals surface area contributed by atoms with Crippen LogP contribution in [0.15, 0.2) is 5.51 Å². The van der Waals surface area contributed by atoms with Crippen LogP contribution < -0.4 is 5.32 Å². The molecule has 128 valence electrons. The van der Waals surface area contributed by atoms with Crippen molar-refractivity contribution in [3.8, 4) is 0 Å². The number of hydrogen-bond donors (Lipinski definition) is 1. The molecule has 0 aliphatic carbocycles. The van der Waals surface area contributed by atoms with Crippen molar-refractivity contribution in [2.75, 3.05) is 32.8 Å². The van der Waals surface area contributed by atoms with Crippen LogP contribution in [0.3, 0.4) is 0 Å². The number of aryl methyl sites for hydroxylation is 1. The zero-order chi connectivity index (χ0) is 16.1. The lowest BCUT2D eigenvalue weighted by Gasteiger charge is -2.38. The fraction of sp³-hybridized carbons (Fsp3) is 0.765. The molecule has 1 aromatic heterocycles. The maximum Gasteiger partial charge on any atom is 0.223 e. The van der Waals surface area contributed by atoms with Gasteiger partial charge in [0.1, 0.15) is 0 Å². The standard InChI is InChI=1S/C17H27N3O2S/c1-13-16(23-12-19-13)2-7-18-17(21)14-3-8-20(9-4-14)15-5-10-22-11-6-15/h12,14-15H,2-11H2,1H3,(H,18,21). The van der Waals surface area contributed by atoms with E-state index in [1.165, 1.54) is 4.88 Å². The molecule has 0 spiro atoms. The molecule has 6 heteroatoms. The fourth-order valence-electron chi connectivity index (χ4n) is 3.59. The fourth-order valence-corrected chi connectivity index (χ4v) is 4.37. The highest BCUT2D eigenvalue weighted by Gasteiger charge is 2.29. The van der Waals surface area contributed by atoms with Gasteiger partial charge in [-0.15, -0.1) is 11.3 Å². The molecular weight excluding hydrogens is 310 g/mol. The molecule has 0 radical (unpaired) electrons. The van der Waals surface area contributed by atoms with Crippen LogP contribution in [-0.4, -0.2) is 54.7 Å². The highest BCUT2D eigenvalue weighted by atomic mass is 32.1. The summed E-state index contributed by atoms with van der Waals surface area (Å²) in [5.41, 5.74) is 2.97. The van der Waals surface area contributed by atoms with E-state index in [9.17, 15) is 4.79 Å². The summed E-state index contributed by atoms with van der Waals surface area (Å²) >= 11 is 1.67. The van der Waals surface area contributed by atoms with Gasteiger partial charge in [-0.1, -0.05) is 0 Å². The number of piperidine rings is 1. The molecule has 2 saturated heterocycles. The number of carbonyl (C=O) groups is 1. The number of amides is 1. The molecule has 5 nitrogen and oxygen atoms in total. The third kappa shape index (κ3) is 4.52. The van der Waals surface area contributed by atoms with Gasteiger partial charge in [-0.3, -0.25) is 4.79 Å². The number of thiazole rings is 1. The Morgan fingerprint density at radius 2 is 2.09 bits per heavy atom. The highest BCUT2D eigenvalue weighted by molar-refractivity contribution is 7.09. The summed E-state index contributed by atoms with van der Waals surface area (Å²) in [4.78, 5) is 20.4. The molecule has 2 fully saturated rings. The van der Waals surface area contributed by atoms with Crippen molar-refractivity contribution in [1.29, 1.82) is 0 Å². The Hall–Kier alpha value is -0.980. The van der Waals surface area contributed by atoms with Crippen molar-refractivity contribution in [3.05, 3.63) is 16.1 Å². The molecular formula is C17H27N3O2S. The number of hydrogen-bond acceptors (Lipinski definition) is 5. The van der Waals surface area contributed by atoms with E-state index >= 15 is 0 Å². The summed E-state index contributed by atoms with van der Waals surface area (Å²) in [7, 11) is 0. The van der Waals surface area contributed by atoms with Crippen LogP contribution in [0, 0.1) is 12.8 Å². The summed E-state index contributed by atoms with van der Waals surface area (Å²) in [5.74, 6) is 0.424. The van der Waals surface area contributed by atoms with E-state index < -0.39 is 0 Å². The van der Waals surface area contributed by atoms with Crippen molar-refractivity contribution in [3.63, 3.8) is 0 Å².